The van der Waals surface area contributed by atoms with Crippen LogP contribution in [0, 0.1) is 0 Å². The van der Waals surface area contributed by atoms with Crippen molar-refractivity contribution in [2.75, 3.05) is 20.7 Å². The first kappa shape index (κ1) is 11.1. The molecule has 0 atom stereocenters. The Morgan fingerprint density at radius 2 is 2.14 bits per heavy atom. The normalized spacial score (nSPS) is 10.2. The zero-order valence-electron chi connectivity index (χ0n) is 9.26. The average Bonchev–Trinajstić information content (AvgIpc) is 2.25. The van der Waals surface area contributed by atoms with E-state index in [-0.39, 0.29) is 0 Å². The second-order valence-electron chi connectivity index (χ2n) is 3.35. The van der Waals surface area contributed by atoms with Gasteiger partial charge in [-0.1, -0.05) is 19.1 Å². The van der Waals surface area contributed by atoms with Gasteiger partial charge in [-0.05, 0) is 43.6 Å². The van der Waals surface area contributed by atoms with Gasteiger partial charge in [0.15, 0.2) is 0 Å². The summed E-state index contributed by atoms with van der Waals surface area (Å²) in [5.41, 5.74) is 2.66. The molecule has 0 radical (unpaired) electrons. The van der Waals surface area contributed by atoms with Crippen molar-refractivity contribution in [3.05, 3.63) is 29.3 Å². The lowest BCUT2D eigenvalue weighted by Gasteiger charge is -2.08. The van der Waals surface area contributed by atoms with E-state index in [0.29, 0.717) is 0 Å². The van der Waals surface area contributed by atoms with E-state index in [4.69, 9.17) is 4.74 Å². The molecule has 0 aromatic heterocycles. The van der Waals surface area contributed by atoms with Gasteiger partial charge in [0.2, 0.25) is 0 Å². The summed E-state index contributed by atoms with van der Waals surface area (Å²) in [5.74, 6) is 1.00. The molecule has 2 heteroatoms. The second kappa shape index (κ2) is 5.66. The van der Waals surface area contributed by atoms with E-state index in [1.807, 2.05) is 7.05 Å². The molecule has 0 saturated heterocycles. The smallest absolute Gasteiger partial charge is 0.122 e. The van der Waals surface area contributed by atoms with Gasteiger partial charge in [0.1, 0.15) is 5.75 Å². The molecule has 1 rings (SSSR count). The molecule has 0 aliphatic heterocycles. The Balaban J connectivity index is 2.79. The van der Waals surface area contributed by atoms with Crippen molar-refractivity contribution in [1.82, 2.24) is 5.32 Å². The van der Waals surface area contributed by atoms with Crippen molar-refractivity contribution in [3.63, 3.8) is 0 Å². The summed E-state index contributed by atoms with van der Waals surface area (Å²) in [7, 11) is 3.70. The van der Waals surface area contributed by atoms with Crippen LogP contribution in [0.25, 0.3) is 0 Å². The summed E-state index contributed by atoms with van der Waals surface area (Å²) < 4.78 is 5.28. The molecule has 0 bridgehead atoms. The predicted octanol–water partition coefficient (Wildman–Crippen LogP) is 2.02. The lowest BCUT2D eigenvalue weighted by molar-refractivity contribution is 0.410. The molecule has 0 unspecified atom stereocenters. The number of hydrogen-bond acceptors (Lipinski definition) is 2. The first-order valence-electron chi connectivity index (χ1n) is 5.12. The Hall–Kier alpha value is -1.02. The molecule has 0 aliphatic rings. The van der Waals surface area contributed by atoms with Crippen LogP contribution in [0.2, 0.25) is 0 Å². The summed E-state index contributed by atoms with van der Waals surface area (Å²) >= 11 is 0. The molecular formula is C12H19NO. The van der Waals surface area contributed by atoms with Gasteiger partial charge in [0.05, 0.1) is 7.11 Å². The fraction of sp³-hybridized carbons (Fsp3) is 0.500. The Morgan fingerprint density at radius 1 is 1.36 bits per heavy atom. The van der Waals surface area contributed by atoms with Gasteiger partial charge in [-0.15, -0.1) is 0 Å². The van der Waals surface area contributed by atoms with Crippen LogP contribution in [-0.4, -0.2) is 20.7 Å². The zero-order chi connectivity index (χ0) is 10.4. The maximum absolute atomic E-state index is 5.28. The highest BCUT2D eigenvalue weighted by atomic mass is 16.5. The Morgan fingerprint density at radius 3 is 2.71 bits per heavy atom. The molecule has 0 fully saturated rings. The minimum absolute atomic E-state index is 1.00. The first-order chi connectivity index (χ1) is 6.81. The van der Waals surface area contributed by atoms with Gasteiger partial charge in [-0.3, -0.25) is 0 Å². The maximum Gasteiger partial charge on any atom is 0.122 e. The van der Waals surface area contributed by atoms with Crippen molar-refractivity contribution < 1.29 is 4.74 Å². The zero-order valence-corrected chi connectivity index (χ0v) is 9.26. The van der Waals surface area contributed by atoms with Crippen molar-refractivity contribution in [2.24, 2.45) is 0 Å². The molecule has 0 amide bonds. The van der Waals surface area contributed by atoms with Crippen LogP contribution in [-0.2, 0) is 12.8 Å². The minimum atomic E-state index is 1.00. The number of likely N-dealkylation sites (N-methyl/N-ethyl adjacent to an activating group) is 1. The molecule has 2 nitrogen and oxygen atoms in total. The van der Waals surface area contributed by atoms with Gasteiger partial charge in [-0.2, -0.15) is 0 Å². The topological polar surface area (TPSA) is 21.3 Å². The quantitative estimate of drug-likeness (QED) is 0.772. The molecule has 0 spiro atoms. The Labute approximate surface area is 86.3 Å². The third kappa shape index (κ3) is 2.74. The number of methoxy groups -OCH3 is 1. The average molecular weight is 193 g/mol. The molecular weight excluding hydrogens is 174 g/mol. The molecule has 0 heterocycles. The predicted molar refractivity (Wildman–Crippen MR) is 60.0 cm³/mol. The summed E-state index contributed by atoms with van der Waals surface area (Å²) in [5, 5.41) is 3.15. The van der Waals surface area contributed by atoms with Crippen LogP contribution in [0.3, 0.4) is 0 Å². The van der Waals surface area contributed by atoms with Crippen LogP contribution < -0.4 is 10.1 Å². The summed E-state index contributed by atoms with van der Waals surface area (Å²) in [6, 6.07) is 6.43. The van der Waals surface area contributed by atoms with Crippen LogP contribution in [0.15, 0.2) is 18.2 Å². The number of rotatable bonds is 5. The molecule has 14 heavy (non-hydrogen) atoms. The number of ether oxygens (including phenoxy) is 1. The van der Waals surface area contributed by atoms with E-state index in [1.165, 1.54) is 11.1 Å². The van der Waals surface area contributed by atoms with Gasteiger partial charge in [0, 0.05) is 0 Å². The molecule has 0 saturated carbocycles. The van der Waals surface area contributed by atoms with Gasteiger partial charge >= 0.3 is 0 Å². The van der Waals surface area contributed by atoms with Crippen molar-refractivity contribution >= 4 is 0 Å². The molecule has 78 valence electrons. The fourth-order valence-corrected chi connectivity index (χ4v) is 1.53. The Kier molecular flexibility index (Phi) is 4.47. The highest BCUT2D eigenvalue weighted by molar-refractivity contribution is 5.37. The standard InChI is InChI=1S/C12H19NO/c1-4-11-9-10(7-8-13-2)5-6-12(11)14-3/h5-6,9,13H,4,7-8H2,1-3H3. The lowest BCUT2D eigenvalue weighted by atomic mass is 10.1. The number of aryl methyl sites for hydroxylation is 1. The van der Waals surface area contributed by atoms with Gasteiger partial charge < -0.3 is 10.1 Å². The van der Waals surface area contributed by atoms with Crippen LogP contribution in [0.4, 0.5) is 0 Å². The summed E-state index contributed by atoms with van der Waals surface area (Å²) in [6.45, 7) is 3.18. The molecule has 0 aliphatic carbocycles. The number of nitrogens with one attached hydrogen (secondary N) is 1. The third-order valence-corrected chi connectivity index (χ3v) is 2.39. The first-order valence-corrected chi connectivity index (χ1v) is 5.12. The van der Waals surface area contributed by atoms with Crippen molar-refractivity contribution in [1.29, 1.82) is 0 Å². The maximum atomic E-state index is 5.28. The highest BCUT2D eigenvalue weighted by Gasteiger charge is 2.01. The van der Waals surface area contributed by atoms with E-state index < -0.39 is 0 Å². The van der Waals surface area contributed by atoms with Crippen molar-refractivity contribution in [3.8, 4) is 5.75 Å². The second-order valence-corrected chi connectivity index (χ2v) is 3.35. The van der Waals surface area contributed by atoms with Crippen LogP contribution in [0.5, 0.6) is 5.75 Å². The fourth-order valence-electron chi connectivity index (χ4n) is 1.53. The monoisotopic (exact) mass is 193 g/mol. The van der Waals surface area contributed by atoms with E-state index in [0.717, 1.165) is 25.1 Å². The third-order valence-electron chi connectivity index (χ3n) is 2.39. The van der Waals surface area contributed by atoms with Crippen molar-refractivity contribution in [2.45, 2.75) is 19.8 Å². The number of benzene rings is 1. The highest BCUT2D eigenvalue weighted by Crippen LogP contribution is 2.20. The van der Waals surface area contributed by atoms with E-state index in [9.17, 15) is 0 Å². The van der Waals surface area contributed by atoms with E-state index >= 15 is 0 Å². The molecule has 1 aromatic carbocycles. The lowest BCUT2D eigenvalue weighted by Crippen LogP contribution is -2.10. The van der Waals surface area contributed by atoms with Crippen LogP contribution >= 0.6 is 0 Å². The van der Waals surface area contributed by atoms with E-state index in [2.05, 4.69) is 30.4 Å². The van der Waals surface area contributed by atoms with Crippen LogP contribution in [0.1, 0.15) is 18.1 Å². The SMILES string of the molecule is CCc1cc(CCNC)ccc1OC. The van der Waals surface area contributed by atoms with Gasteiger partial charge in [0.25, 0.3) is 0 Å². The van der Waals surface area contributed by atoms with Gasteiger partial charge in [-0.25, -0.2) is 0 Å². The largest absolute Gasteiger partial charge is 0.496 e. The van der Waals surface area contributed by atoms with E-state index in [1.54, 1.807) is 7.11 Å². The number of hydrogen-bond donors (Lipinski definition) is 1. The Bertz CT molecular complexity index is 284. The summed E-state index contributed by atoms with van der Waals surface area (Å²) in [4.78, 5) is 0. The summed E-state index contributed by atoms with van der Waals surface area (Å²) in [6.07, 6.45) is 2.10. The molecule has 1 N–H and O–H groups in total. The molecule has 1 aromatic rings. The minimum Gasteiger partial charge on any atom is -0.496 e.